The number of nitrogens with one attached hydrogen (secondary N) is 1. The Morgan fingerprint density at radius 2 is 2.00 bits per heavy atom. The number of aliphatic hydroxyl groups excluding tert-OH is 1. The van der Waals surface area contributed by atoms with Crippen LogP contribution in [0.5, 0.6) is 0 Å². The second kappa shape index (κ2) is 8.09. The number of aromatic nitrogens is 2. The zero-order valence-electron chi connectivity index (χ0n) is 18.8. The first-order valence-electron chi connectivity index (χ1n) is 10.8. The predicted molar refractivity (Wildman–Crippen MR) is 117 cm³/mol. The van der Waals surface area contributed by atoms with E-state index in [0.29, 0.717) is 18.8 Å². The highest BCUT2D eigenvalue weighted by atomic mass is 16.6. The van der Waals surface area contributed by atoms with Crippen molar-refractivity contribution in [3.05, 3.63) is 23.8 Å². The van der Waals surface area contributed by atoms with Crippen LogP contribution in [0.1, 0.15) is 45.1 Å². The number of anilines is 1. The third-order valence-electron chi connectivity index (χ3n) is 5.83. The molecule has 2 aliphatic heterocycles. The Balaban J connectivity index is 1.54. The fourth-order valence-electron chi connectivity index (χ4n) is 4.26. The minimum absolute atomic E-state index is 0.132. The summed E-state index contributed by atoms with van der Waals surface area (Å²) < 4.78 is 7.12. The molecule has 4 amide bonds. The van der Waals surface area contributed by atoms with Crippen LogP contribution >= 0.6 is 0 Å². The smallest absolute Gasteiger partial charge is 0.410 e. The fraction of sp³-hybridized carbons (Fsp3) is 0.545. The molecule has 2 aliphatic rings. The number of carbonyl (C=O) groups excluding carboxylic acids is 3. The Morgan fingerprint density at radius 3 is 2.66 bits per heavy atom. The Hall–Kier alpha value is -3.14. The van der Waals surface area contributed by atoms with Gasteiger partial charge in [0.2, 0.25) is 5.91 Å². The van der Waals surface area contributed by atoms with Crippen molar-refractivity contribution in [2.24, 2.45) is 7.05 Å². The largest absolute Gasteiger partial charge is 0.444 e. The van der Waals surface area contributed by atoms with Gasteiger partial charge in [-0.3, -0.25) is 19.7 Å². The van der Waals surface area contributed by atoms with Crippen molar-refractivity contribution in [2.75, 3.05) is 24.5 Å². The van der Waals surface area contributed by atoms with Crippen molar-refractivity contribution in [3.63, 3.8) is 0 Å². The number of hydrogen-bond acceptors (Lipinski definition) is 6. The van der Waals surface area contributed by atoms with Crippen LogP contribution in [0.2, 0.25) is 0 Å². The lowest BCUT2D eigenvalue weighted by Crippen LogP contribution is -2.49. The van der Waals surface area contributed by atoms with Gasteiger partial charge in [0.1, 0.15) is 5.60 Å². The number of rotatable bonds is 2. The van der Waals surface area contributed by atoms with E-state index < -0.39 is 23.8 Å². The first-order chi connectivity index (χ1) is 15.0. The van der Waals surface area contributed by atoms with Crippen LogP contribution in [0.15, 0.2) is 18.2 Å². The lowest BCUT2D eigenvalue weighted by atomic mass is 9.87. The number of urea groups is 1. The van der Waals surface area contributed by atoms with Gasteiger partial charge in [0.25, 0.3) is 0 Å². The van der Waals surface area contributed by atoms with Crippen LogP contribution in [-0.4, -0.2) is 69.2 Å². The highest BCUT2D eigenvalue weighted by molar-refractivity contribution is 6.08. The summed E-state index contributed by atoms with van der Waals surface area (Å²) >= 11 is 0. The number of nitrogens with zero attached hydrogens (tertiary/aromatic N) is 4. The van der Waals surface area contributed by atoms with E-state index in [1.807, 2.05) is 39.0 Å². The molecule has 0 unspecified atom stereocenters. The first-order valence-corrected chi connectivity index (χ1v) is 10.8. The van der Waals surface area contributed by atoms with E-state index in [4.69, 9.17) is 4.74 Å². The third-order valence-corrected chi connectivity index (χ3v) is 5.83. The van der Waals surface area contributed by atoms with Crippen LogP contribution in [0.3, 0.4) is 0 Å². The van der Waals surface area contributed by atoms with Crippen LogP contribution in [0, 0.1) is 0 Å². The van der Waals surface area contributed by atoms with Crippen LogP contribution < -0.4 is 10.2 Å². The summed E-state index contributed by atoms with van der Waals surface area (Å²) in [6.45, 7) is 6.42. The van der Waals surface area contributed by atoms with E-state index in [2.05, 4.69) is 10.4 Å². The van der Waals surface area contributed by atoms with Crippen molar-refractivity contribution in [1.82, 2.24) is 20.0 Å². The summed E-state index contributed by atoms with van der Waals surface area (Å²) in [5, 5.41) is 18.4. The first kappa shape index (κ1) is 22.1. The standard InChI is InChI=1S/C22H29N5O5/c1-22(2,3)32-21(31)26-9-7-14(17(28)12-26)13-5-6-15-16(11-13)25(4)24-19(15)27-10-8-18(29)23-20(27)30/h5-6,11,14,17,28H,7-10,12H2,1-4H3,(H,23,29,30)/t14-,17-/m1/s1. The lowest BCUT2D eigenvalue weighted by Gasteiger charge is -2.37. The van der Waals surface area contributed by atoms with Crippen molar-refractivity contribution in [1.29, 1.82) is 0 Å². The van der Waals surface area contributed by atoms with Gasteiger partial charge in [0.05, 0.1) is 18.2 Å². The maximum Gasteiger partial charge on any atom is 0.410 e. The zero-order chi connectivity index (χ0) is 23.2. The number of fused-ring (bicyclic) bond motifs is 1. The minimum Gasteiger partial charge on any atom is -0.444 e. The number of amides is 4. The minimum atomic E-state index is -0.722. The molecule has 2 saturated heterocycles. The molecule has 172 valence electrons. The second-order valence-electron chi connectivity index (χ2n) is 9.37. The maximum atomic E-state index is 12.3. The number of imide groups is 1. The lowest BCUT2D eigenvalue weighted by molar-refractivity contribution is -0.120. The average Bonchev–Trinajstić information content (AvgIpc) is 3.02. The molecule has 4 rings (SSSR count). The van der Waals surface area contributed by atoms with E-state index in [-0.39, 0.29) is 31.3 Å². The van der Waals surface area contributed by atoms with E-state index in [1.54, 1.807) is 16.6 Å². The summed E-state index contributed by atoms with van der Waals surface area (Å²) in [4.78, 5) is 39.1. The Kier molecular flexibility index (Phi) is 5.58. The molecule has 0 bridgehead atoms. The van der Waals surface area contributed by atoms with Crippen molar-refractivity contribution < 1.29 is 24.2 Å². The topological polar surface area (TPSA) is 117 Å². The SMILES string of the molecule is Cn1nc(N2CCC(=O)NC2=O)c2ccc([C@H]3CCN(C(=O)OC(C)(C)C)C[C@H]3O)cc21. The number of aryl methyl sites for hydroxylation is 1. The summed E-state index contributed by atoms with van der Waals surface area (Å²) in [6.07, 6.45) is -0.308. The van der Waals surface area contributed by atoms with Gasteiger partial charge in [-0.05, 0) is 44.9 Å². The van der Waals surface area contributed by atoms with Crippen molar-refractivity contribution in [2.45, 2.75) is 51.2 Å². The fourth-order valence-corrected chi connectivity index (χ4v) is 4.26. The van der Waals surface area contributed by atoms with E-state index in [9.17, 15) is 19.5 Å². The van der Waals surface area contributed by atoms with E-state index in [1.165, 1.54) is 4.90 Å². The van der Waals surface area contributed by atoms with Gasteiger partial charge in [-0.2, -0.15) is 5.10 Å². The number of piperidine rings is 1. The third kappa shape index (κ3) is 4.27. The molecule has 1 aromatic carbocycles. The Bertz CT molecular complexity index is 1070. The number of aliphatic hydroxyl groups is 1. The molecule has 0 spiro atoms. The number of β-amino-alcohol motifs (C(OH)–C–C–N with tert-alkyl or cyclic N) is 1. The zero-order valence-corrected chi connectivity index (χ0v) is 18.8. The summed E-state index contributed by atoms with van der Waals surface area (Å²) in [6, 6.07) is 5.31. The molecule has 0 saturated carbocycles. The molecule has 3 heterocycles. The van der Waals surface area contributed by atoms with Gasteiger partial charge in [-0.15, -0.1) is 0 Å². The molecular weight excluding hydrogens is 414 g/mol. The van der Waals surface area contributed by atoms with Gasteiger partial charge in [0, 0.05) is 37.9 Å². The Labute approximate surface area is 186 Å². The predicted octanol–water partition coefficient (Wildman–Crippen LogP) is 2.10. The molecule has 2 atom stereocenters. The molecule has 2 aromatic rings. The monoisotopic (exact) mass is 443 g/mol. The molecule has 0 radical (unpaired) electrons. The average molecular weight is 444 g/mol. The summed E-state index contributed by atoms with van der Waals surface area (Å²) in [5.74, 6) is 0.0761. The van der Waals surface area contributed by atoms with Gasteiger partial charge >= 0.3 is 12.1 Å². The van der Waals surface area contributed by atoms with E-state index >= 15 is 0 Å². The normalized spacial score (nSPS) is 22.3. The molecular formula is C22H29N5O5. The number of benzene rings is 1. The molecule has 32 heavy (non-hydrogen) atoms. The van der Waals surface area contributed by atoms with Gasteiger partial charge in [-0.25, -0.2) is 9.59 Å². The highest BCUT2D eigenvalue weighted by Gasteiger charge is 2.34. The van der Waals surface area contributed by atoms with E-state index in [0.717, 1.165) is 16.5 Å². The second-order valence-corrected chi connectivity index (χ2v) is 9.37. The molecule has 2 fully saturated rings. The number of carbonyl (C=O) groups is 3. The van der Waals surface area contributed by atoms with Gasteiger partial charge < -0.3 is 14.7 Å². The molecule has 10 nitrogen and oxygen atoms in total. The number of likely N-dealkylation sites (tertiary alicyclic amines) is 1. The number of ether oxygens (including phenoxy) is 1. The molecule has 10 heteroatoms. The van der Waals surface area contributed by atoms with Crippen molar-refractivity contribution in [3.8, 4) is 0 Å². The summed E-state index contributed by atoms with van der Waals surface area (Å²) in [5.41, 5.74) is 1.19. The molecule has 0 aliphatic carbocycles. The molecule has 1 aromatic heterocycles. The van der Waals surface area contributed by atoms with Crippen LogP contribution in [0.25, 0.3) is 10.9 Å². The van der Waals surface area contributed by atoms with Gasteiger partial charge in [-0.1, -0.05) is 6.07 Å². The van der Waals surface area contributed by atoms with Crippen LogP contribution in [0.4, 0.5) is 15.4 Å². The molecule has 2 N–H and O–H groups in total. The quantitative estimate of drug-likeness (QED) is 0.734. The number of hydrogen-bond donors (Lipinski definition) is 2. The van der Waals surface area contributed by atoms with Crippen molar-refractivity contribution >= 4 is 34.8 Å². The highest BCUT2D eigenvalue weighted by Crippen LogP contribution is 2.34. The summed E-state index contributed by atoms with van der Waals surface area (Å²) in [7, 11) is 1.80. The van der Waals surface area contributed by atoms with Gasteiger partial charge in [0.15, 0.2) is 5.82 Å². The Morgan fingerprint density at radius 1 is 1.25 bits per heavy atom. The maximum absolute atomic E-state index is 12.3. The van der Waals surface area contributed by atoms with Crippen LogP contribution in [-0.2, 0) is 16.6 Å².